The molecule has 0 saturated carbocycles. The van der Waals surface area contributed by atoms with Gasteiger partial charge in [0.1, 0.15) is 0 Å². The molecule has 0 spiro atoms. The van der Waals surface area contributed by atoms with Gasteiger partial charge in [0, 0.05) is 6.04 Å². The predicted octanol–water partition coefficient (Wildman–Crippen LogP) is 2.58. The molecule has 1 unspecified atom stereocenters. The summed E-state index contributed by atoms with van der Waals surface area (Å²) in [7, 11) is 1.99. The van der Waals surface area contributed by atoms with Gasteiger partial charge in [-0.1, -0.05) is 18.2 Å². The van der Waals surface area contributed by atoms with Gasteiger partial charge < -0.3 is 5.32 Å². The molecule has 0 amide bonds. The molecule has 1 atom stereocenters. The Hall–Kier alpha value is -0.820. The van der Waals surface area contributed by atoms with E-state index in [2.05, 4.69) is 44.3 Å². The smallest absolute Gasteiger partial charge is 0.0291 e. The van der Waals surface area contributed by atoms with Crippen LogP contribution in [0.4, 0.5) is 0 Å². The molecule has 1 aromatic rings. The number of nitrogens with one attached hydrogen (secondary N) is 1. The highest BCUT2D eigenvalue weighted by Gasteiger charge is 2.05. The number of hydrogen-bond donors (Lipinski definition) is 1. The molecule has 1 rings (SSSR count). The van der Waals surface area contributed by atoms with Crippen molar-refractivity contribution in [2.45, 2.75) is 26.8 Å². The molecule has 1 nitrogen and oxygen atoms in total. The van der Waals surface area contributed by atoms with Gasteiger partial charge in [0.15, 0.2) is 0 Å². The van der Waals surface area contributed by atoms with Gasteiger partial charge >= 0.3 is 0 Å². The first-order chi connectivity index (χ1) is 5.66. The van der Waals surface area contributed by atoms with Crippen LogP contribution in [0.25, 0.3) is 0 Å². The van der Waals surface area contributed by atoms with E-state index in [9.17, 15) is 0 Å². The third kappa shape index (κ3) is 1.67. The maximum absolute atomic E-state index is 3.25. The van der Waals surface area contributed by atoms with Gasteiger partial charge in [0.05, 0.1) is 0 Å². The molecule has 0 aliphatic carbocycles. The molecule has 0 bridgehead atoms. The van der Waals surface area contributed by atoms with E-state index in [1.54, 1.807) is 0 Å². The largest absolute Gasteiger partial charge is 0.313 e. The van der Waals surface area contributed by atoms with Crippen molar-refractivity contribution >= 4 is 0 Å². The van der Waals surface area contributed by atoms with E-state index in [0.29, 0.717) is 6.04 Å². The fourth-order valence-electron chi connectivity index (χ4n) is 1.40. The molecule has 1 N–H and O–H groups in total. The lowest BCUT2D eigenvalue weighted by Crippen LogP contribution is -2.13. The molecule has 66 valence electrons. The van der Waals surface area contributed by atoms with Gasteiger partial charge in [-0.25, -0.2) is 0 Å². The third-order valence-electron chi connectivity index (χ3n) is 2.55. The second-order valence-electron chi connectivity index (χ2n) is 3.30. The first kappa shape index (κ1) is 9.27. The van der Waals surface area contributed by atoms with E-state index in [1.807, 2.05) is 7.05 Å². The third-order valence-corrected chi connectivity index (χ3v) is 2.55. The van der Waals surface area contributed by atoms with E-state index in [4.69, 9.17) is 0 Å². The van der Waals surface area contributed by atoms with Crippen LogP contribution in [0.2, 0.25) is 0 Å². The zero-order valence-electron chi connectivity index (χ0n) is 8.31. The summed E-state index contributed by atoms with van der Waals surface area (Å²) >= 11 is 0. The van der Waals surface area contributed by atoms with Crippen molar-refractivity contribution in [2.75, 3.05) is 7.05 Å². The predicted molar refractivity (Wildman–Crippen MR) is 53.4 cm³/mol. The molecule has 12 heavy (non-hydrogen) atoms. The summed E-state index contributed by atoms with van der Waals surface area (Å²) in [5, 5.41) is 3.25. The topological polar surface area (TPSA) is 12.0 Å². The number of aryl methyl sites for hydroxylation is 1. The van der Waals surface area contributed by atoms with Crippen LogP contribution in [0, 0.1) is 13.8 Å². The fraction of sp³-hybridized carbons (Fsp3) is 0.455. The van der Waals surface area contributed by atoms with Crippen molar-refractivity contribution in [3.63, 3.8) is 0 Å². The van der Waals surface area contributed by atoms with Crippen LogP contribution < -0.4 is 5.32 Å². The average Bonchev–Trinajstić information content (AvgIpc) is 2.08. The summed E-state index contributed by atoms with van der Waals surface area (Å²) in [5.74, 6) is 0. The van der Waals surface area contributed by atoms with Gasteiger partial charge in [-0.05, 0) is 44.5 Å². The highest BCUT2D eigenvalue weighted by atomic mass is 14.9. The molecule has 0 aliphatic heterocycles. The minimum absolute atomic E-state index is 0.449. The lowest BCUT2D eigenvalue weighted by molar-refractivity contribution is 0.648. The van der Waals surface area contributed by atoms with E-state index < -0.39 is 0 Å². The second kappa shape index (κ2) is 3.72. The second-order valence-corrected chi connectivity index (χ2v) is 3.30. The highest BCUT2D eigenvalue weighted by molar-refractivity contribution is 5.34. The van der Waals surface area contributed by atoms with Crippen molar-refractivity contribution in [2.24, 2.45) is 0 Å². The average molecular weight is 163 g/mol. The Morgan fingerprint density at radius 1 is 1.25 bits per heavy atom. The van der Waals surface area contributed by atoms with Gasteiger partial charge in [0.25, 0.3) is 0 Å². The normalized spacial score (nSPS) is 13.0. The van der Waals surface area contributed by atoms with Gasteiger partial charge in [-0.3, -0.25) is 0 Å². The van der Waals surface area contributed by atoms with Crippen LogP contribution in [-0.2, 0) is 0 Å². The van der Waals surface area contributed by atoms with E-state index in [0.717, 1.165) is 0 Å². The summed E-state index contributed by atoms with van der Waals surface area (Å²) in [6.45, 7) is 6.52. The monoisotopic (exact) mass is 163 g/mol. The van der Waals surface area contributed by atoms with E-state index in [1.165, 1.54) is 16.7 Å². The van der Waals surface area contributed by atoms with Gasteiger partial charge in [0.2, 0.25) is 0 Å². The Kier molecular flexibility index (Phi) is 2.88. The van der Waals surface area contributed by atoms with Crippen molar-refractivity contribution in [3.8, 4) is 0 Å². The maximum Gasteiger partial charge on any atom is 0.0291 e. The van der Waals surface area contributed by atoms with Crippen LogP contribution in [0.1, 0.15) is 29.7 Å². The van der Waals surface area contributed by atoms with Crippen LogP contribution in [-0.4, -0.2) is 7.05 Å². The zero-order chi connectivity index (χ0) is 9.14. The Morgan fingerprint density at radius 3 is 2.50 bits per heavy atom. The van der Waals surface area contributed by atoms with Crippen molar-refractivity contribution in [3.05, 3.63) is 34.9 Å². The van der Waals surface area contributed by atoms with E-state index >= 15 is 0 Å². The van der Waals surface area contributed by atoms with Gasteiger partial charge in [-0.2, -0.15) is 0 Å². The summed E-state index contributed by atoms with van der Waals surface area (Å²) in [6, 6.07) is 6.90. The van der Waals surface area contributed by atoms with Crippen molar-refractivity contribution in [1.82, 2.24) is 5.32 Å². The van der Waals surface area contributed by atoms with Crippen LogP contribution >= 0.6 is 0 Å². The lowest BCUT2D eigenvalue weighted by Gasteiger charge is -2.14. The Morgan fingerprint density at radius 2 is 1.92 bits per heavy atom. The minimum Gasteiger partial charge on any atom is -0.313 e. The number of hydrogen-bond acceptors (Lipinski definition) is 1. The van der Waals surface area contributed by atoms with Gasteiger partial charge in [-0.15, -0.1) is 0 Å². The summed E-state index contributed by atoms with van der Waals surface area (Å²) < 4.78 is 0. The quantitative estimate of drug-likeness (QED) is 0.706. The number of benzene rings is 1. The van der Waals surface area contributed by atoms with Crippen LogP contribution in [0.15, 0.2) is 18.2 Å². The molecule has 0 aromatic heterocycles. The molecular formula is C11H17N. The number of rotatable bonds is 2. The summed E-state index contributed by atoms with van der Waals surface area (Å²) in [4.78, 5) is 0. The van der Waals surface area contributed by atoms with Crippen LogP contribution in [0.5, 0.6) is 0 Å². The fourth-order valence-corrected chi connectivity index (χ4v) is 1.40. The molecule has 0 radical (unpaired) electrons. The SMILES string of the molecule is CNC(C)c1cccc(C)c1C. The molecule has 1 heteroatoms. The zero-order valence-corrected chi connectivity index (χ0v) is 8.31. The Labute approximate surface area is 74.8 Å². The van der Waals surface area contributed by atoms with Crippen LogP contribution in [0.3, 0.4) is 0 Å². The standard InChI is InChI=1S/C11H17N/c1-8-6-5-7-11(9(8)2)10(3)12-4/h5-7,10,12H,1-4H3. The lowest BCUT2D eigenvalue weighted by atomic mass is 9.99. The Bertz CT molecular complexity index is 266. The first-order valence-corrected chi connectivity index (χ1v) is 4.40. The molecule has 0 heterocycles. The molecular weight excluding hydrogens is 146 g/mol. The first-order valence-electron chi connectivity index (χ1n) is 4.40. The molecule has 0 fully saturated rings. The molecule has 0 saturated heterocycles. The van der Waals surface area contributed by atoms with E-state index in [-0.39, 0.29) is 0 Å². The summed E-state index contributed by atoms with van der Waals surface area (Å²) in [5.41, 5.74) is 4.17. The minimum atomic E-state index is 0.449. The Balaban J connectivity index is 3.07. The highest BCUT2D eigenvalue weighted by Crippen LogP contribution is 2.19. The summed E-state index contributed by atoms with van der Waals surface area (Å²) in [6.07, 6.45) is 0. The molecule has 0 aliphatic rings. The van der Waals surface area contributed by atoms with Crippen molar-refractivity contribution < 1.29 is 0 Å². The maximum atomic E-state index is 3.25. The molecule has 1 aromatic carbocycles. The van der Waals surface area contributed by atoms with Crippen molar-refractivity contribution in [1.29, 1.82) is 0 Å².